The van der Waals surface area contributed by atoms with Gasteiger partial charge in [0.1, 0.15) is 5.69 Å². The Hall–Kier alpha value is -1.62. The average molecular weight is 378 g/mol. The lowest BCUT2D eigenvalue weighted by Gasteiger charge is -2.19. The van der Waals surface area contributed by atoms with E-state index in [-0.39, 0.29) is 11.9 Å². The summed E-state index contributed by atoms with van der Waals surface area (Å²) in [4.78, 5) is 12.5. The summed E-state index contributed by atoms with van der Waals surface area (Å²) in [5, 5.41) is 7.19. The van der Waals surface area contributed by atoms with Gasteiger partial charge in [-0.1, -0.05) is 45.0 Å². The second kappa shape index (κ2) is 7.77. The van der Waals surface area contributed by atoms with Crippen molar-refractivity contribution in [2.45, 2.75) is 45.6 Å². The van der Waals surface area contributed by atoms with Crippen LogP contribution in [-0.2, 0) is 7.05 Å². The highest BCUT2D eigenvalue weighted by Crippen LogP contribution is 2.23. The summed E-state index contributed by atoms with van der Waals surface area (Å²) in [7, 11) is 1.77. The molecule has 0 aliphatic heterocycles. The van der Waals surface area contributed by atoms with E-state index in [4.69, 9.17) is 0 Å². The predicted octanol–water partition coefficient (Wildman–Crippen LogP) is 4.58. The summed E-state index contributed by atoms with van der Waals surface area (Å²) >= 11 is 3.38. The van der Waals surface area contributed by atoms with Crippen LogP contribution in [0.2, 0.25) is 0 Å². The molecule has 2 aromatic rings. The molecular formula is C18H24BrN3O. The van der Waals surface area contributed by atoms with Crippen molar-refractivity contribution in [1.82, 2.24) is 15.1 Å². The molecule has 0 saturated carbocycles. The van der Waals surface area contributed by atoms with Gasteiger partial charge in [0, 0.05) is 7.05 Å². The minimum Gasteiger partial charge on any atom is -0.344 e. The molecule has 0 radical (unpaired) electrons. The summed E-state index contributed by atoms with van der Waals surface area (Å²) in [6.07, 6.45) is 3.60. The Kier molecular flexibility index (Phi) is 5.99. The third kappa shape index (κ3) is 4.02. The molecule has 0 aliphatic rings. The topological polar surface area (TPSA) is 46.9 Å². The molecule has 0 saturated heterocycles. The van der Waals surface area contributed by atoms with Crippen molar-refractivity contribution < 1.29 is 4.79 Å². The van der Waals surface area contributed by atoms with E-state index in [1.165, 1.54) is 5.56 Å². The number of aromatic nitrogens is 2. The predicted molar refractivity (Wildman–Crippen MR) is 96.6 cm³/mol. The van der Waals surface area contributed by atoms with E-state index < -0.39 is 0 Å². The van der Waals surface area contributed by atoms with Gasteiger partial charge >= 0.3 is 0 Å². The molecule has 1 N–H and O–H groups in total. The van der Waals surface area contributed by atoms with Crippen molar-refractivity contribution in [1.29, 1.82) is 0 Å². The van der Waals surface area contributed by atoms with Crippen molar-refractivity contribution in [2.24, 2.45) is 7.05 Å². The van der Waals surface area contributed by atoms with E-state index in [1.54, 1.807) is 17.9 Å². The third-order valence-corrected chi connectivity index (χ3v) is 4.92. The van der Waals surface area contributed by atoms with Crippen molar-refractivity contribution in [3.05, 3.63) is 51.8 Å². The Labute approximate surface area is 146 Å². The molecule has 5 heteroatoms. The number of nitrogens with one attached hydrogen (secondary N) is 1. The normalized spacial score (nSPS) is 13.6. The second-order valence-corrected chi connectivity index (χ2v) is 6.73. The first-order valence-corrected chi connectivity index (χ1v) is 8.85. The molecule has 1 heterocycles. The average Bonchev–Trinajstić information content (AvgIpc) is 2.90. The van der Waals surface area contributed by atoms with E-state index in [2.05, 4.69) is 71.4 Å². The molecule has 124 valence electrons. The van der Waals surface area contributed by atoms with Gasteiger partial charge in [-0.3, -0.25) is 9.48 Å². The lowest BCUT2D eigenvalue weighted by atomic mass is 9.95. The molecule has 2 atom stereocenters. The highest BCUT2D eigenvalue weighted by molar-refractivity contribution is 9.10. The Morgan fingerprint density at radius 3 is 2.30 bits per heavy atom. The maximum atomic E-state index is 12.5. The first kappa shape index (κ1) is 17.7. The quantitative estimate of drug-likeness (QED) is 0.800. The van der Waals surface area contributed by atoms with E-state index in [1.807, 2.05) is 0 Å². The van der Waals surface area contributed by atoms with Crippen LogP contribution in [0.3, 0.4) is 0 Å². The van der Waals surface area contributed by atoms with Crippen LogP contribution in [0.4, 0.5) is 0 Å². The first-order chi connectivity index (χ1) is 11.0. The van der Waals surface area contributed by atoms with E-state index >= 15 is 0 Å². The molecule has 1 aromatic heterocycles. The zero-order chi connectivity index (χ0) is 17.0. The smallest absolute Gasteiger partial charge is 0.271 e. The zero-order valence-corrected chi connectivity index (χ0v) is 15.7. The first-order valence-electron chi connectivity index (χ1n) is 8.06. The van der Waals surface area contributed by atoms with Gasteiger partial charge in [-0.2, -0.15) is 5.10 Å². The molecule has 1 aromatic carbocycles. The fourth-order valence-electron chi connectivity index (χ4n) is 2.61. The number of rotatable bonds is 6. The van der Waals surface area contributed by atoms with E-state index in [9.17, 15) is 4.79 Å². The monoisotopic (exact) mass is 377 g/mol. The van der Waals surface area contributed by atoms with Crippen LogP contribution in [0.1, 0.15) is 67.2 Å². The number of aryl methyl sites for hydroxylation is 1. The van der Waals surface area contributed by atoms with Crippen LogP contribution in [0.5, 0.6) is 0 Å². The van der Waals surface area contributed by atoms with Crippen LogP contribution < -0.4 is 5.32 Å². The molecular weight excluding hydrogens is 354 g/mol. The van der Waals surface area contributed by atoms with Gasteiger partial charge in [-0.05, 0) is 45.8 Å². The van der Waals surface area contributed by atoms with Crippen LogP contribution >= 0.6 is 15.9 Å². The molecule has 2 unspecified atom stereocenters. The highest BCUT2D eigenvalue weighted by atomic mass is 79.9. The lowest BCUT2D eigenvalue weighted by Crippen LogP contribution is -2.30. The number of hydrogen-bond acceptors (Lipinski definition) is 2. The molecule has 4 nitrogen and oxygen atoms in total. The summed E-state index contributed by atoms with van der Waals surface area (Å²) in [5.74, 6) is 0.443. The fourth-order valence-corrected chi connectivity index (χ4v) is 3.13. The van der Waals surface area contributed by atoms with Crippen LogP contribution in [0.15, 0.2) is 34.9 Å². The lowest BCUT2D eigenvalue weighted by molar-refractivity contribution is 0.0925. The van der Waals surface area contributed by atoms with Gasteiger partial charge in [0.05, 0.1) is 16.7 Å². The minimum absolute atomic E-state index is 0.00437. The van der Waals surface area contributed by atoms with E-state index in [0.29, 0.717) is 16.1 Å². The fraction of sp³-hybridized carbons (Fsp3) is 0.444. The minimum atomic E-state index is -0.116. The van der Waals surface area contributed by atoms with Gasteiger partial charge in [0.2, 0.25) is 0 Å². The number of benzene rings is 1. The SMILES string of the molecule is CCC(C)c1ccc(C(CC)NC(=O)c2c(Br)cnn2C)cc1. The number of hydrogen-bond donors (Lipinski definition) is 1. The van der Waals surface area contributed by atoms with Gasteiger partial charge in [-0.15, -0.1) is 0 Å². The van der Waals surface area contributed by atoms with Gasteiger partial charge in [0.15, 0.2) is 0 Å². The number of carbonyl (C=O) groups is 1. The summed E-state index contributed by atoms with van der Waals surface area (Å²) in [6.45, 7) is 6.50. The molecule has 2 rings (SSSR count). The van der Waals surface area contributed by atoms with Crippen LogP contribution in [0.25, 0.3) is 0 Å². The van der Waals surface area contributed by atoms with Gasteiger partial charge < -0.3 is 5.32 Å². The third-order valence-electron chi connectivity index (χ3n) is 4.34. The van der Waals surface area contributed by atoms with Crippen molar-refractivity contribution in [3.8, 4) is 0 Å². The maximum absolute atomic E-state index is 12.5. The number of nitrogens with zero attached hydrogens (tertiary/aromatic N) is 2. The molecule has 0 bridgehead atoms. The van der Waals surface area contributed by atoms with Gasteiger partial charge in [0.25, 0.3) is 5.91 Å². The van der Waals surface area contributed by atoms with Crippen molar-refractivity contribution in [3.63, 3.8) is 0 Å². The maximum Gasteiger partial charge on any atom is 0.271 e. The summed E-state index contributed by atoms with van der Waals surface area (Å²) < 4.78 is 2.29. The highest BCUT2D eigenvalue weighted by Gasteiger charge is 2.19. The Balaban J connectivity index is 2.15. The van der Waals surface area contributed by atoms with Crippen LogP contribution in [0, 0.1) is 0 Å². The summed E-state index contributed by atoms with van der Waals surface area (Å²) in [6, 6.07) is 8.56. The zero-order valence-electron chi connectivity index (χ0n) is 14.1. The van der Waals surface area contributed by atoms with Crippen molar-refractivity contribution in [2.75, 3.05) is 0 Å². The molecule has 0 aliphatic carbocycles. The largest absolute Gasteiger partial charge is 0.344 e. The van der Waals surface area contributed by atoms with Crippen molar-refractivity contribution >= 4 is 21.8 Å². The summed E-state index contributed by atoms with van der Waals surface area (Å²) in [5.41, 5.74) is 3.01. The number of carbonyl (C=O) groups excluding carboxylic acids is 1. The Bertz CT molecular complexity index is 644. The number of amides is 1. The van der Waals surface area contributed by atoms with E-state index in [0.717, 1.165) is 18.4 Å². The second-order valence-electron chi connectivity index (χ2n) is 5.87. The molecule has 0 fully saturated rings. The van der Waals surface area contributed by atoms with Crippen LogP contribution in [-0.4, -0.2) is 15.7 Å². The molecule has 23 heavy (non-hydrogen) atoms. The standard InChI is InChI=1S/C18H24BrN3O/c1-5-12(3)13-7-9-14(10-8-13)16(6-2)21-18(23)17-15(19)11-20-22(17)4/h7-12,16H,5-6H2,1-4H3,(H,21,23). The van der Waals surface area contributed by atoms with Gasteiger partial charge in [-0.25, -0.2) is 0 Å². The molecule has 1 amide bonds. The number of halogens is 1. The molecule has 0 spiro atoms. The Morgan fingerprint density at radius 2 is 1.83 bits per heavy atom. The Morgan fingerprint density at radius 1 is 1.22 bits per heavy atom.